The van der Waals surface area contributed by atoms with Crippen molar-refractivity contribution in [2.45, 2.75) is 24.3 Å². The molecule has 30 heavy (non-hydrogen) atoms. The molecule has 8 heteroatoms. The third-order valence-electron chi connectivity index (χ3n) is 5.59. The molecule has 0 aliphatic carbocycles. The van der Waals surface area contributed by atoms with Crippen molar-refractivity contribution in [1.29, 1.82) is 0 Å². The minimum Gasteiger partial charge on any atom is -0.391 e. The van der Waals surface area contributed by atoms with Gasteiger partial charge in [-0.2, -0.15) is 0 Å². The van der Waals surface area contributed by atoms with E-state index in [0.29, 0.717) is 18.5 Å². The molecule has 156 valence electrons. The fraction of sp³-hybridized carbons (Fsp3) is 0.273. The van der Waals surface area contributed by atoms with Crippen LogP contribution in [0.2, 0.25) is 0 Å². The summed E-state index contributed by atoms with van der Waals surface area (Å²) in [4.78, 5) is 19.1. The van der Waals surface area contributed by atoms with Gasteiger partial charge in [-0.05, 0) is 43.2 Å². The zero-order chi connectivity index (χ0) is 21.5. The Morgan fingerprint density at radius 2 is 1.93 bits per heavy atom. The minimum atomic E-state index is -3.91. The zero-order valence-electron chi connectivity index (χ0n) is 16.5. The normalized spacial score (nSPS) is 19.4. The van der Waals surface area contributed by atoms with Crippen molar-refractivity contribution in [3.63, 3.8) is 0 Å². The molecule has 0 saturated carbocycles. The number of sulfonamides is 1. The minimum absolute atomic E-state index is 0.104. The van der Waals surface area contributed by atoms with E-state index in [2.05, 4.69) is 4.98 Å². The highest BCUT2D eigenvalue weighted by Crippen LogP contribution is 2.25. The summed E-state index contributed by atoms with van der Waals surface area (Å²) in [5.74, 6) is -0.463. The molecule has 2 heterocycles. The number of fused-ring (bicyclic) bond motifs is 1. The number of aliphatic hydroxyl groups is 1. The number of aromatic nitrogens is 1. The SMILES string of the molecule is Cc1ccc(S(N)(=O)=O)cc1C(=O)N1C[C@@H](Cc2ccc3ccccc3n2)[C@H](O)C1. The second-order valence-electron chi connectivity index (χ2n) is 7.76. The van der Waals surface area contributed by atoms with Crippen LogP contribution in [-0.4, -0.2) is 48.5 Å². The Bertz CT molecular complexity index is 1230. The van der Waals surface area contributed by atoms with Gasteiger partial charge in [0.25, 0.3) is 5.91 Å². The smallest absolute Gasteiger partial charge is 0.254 e. The Kier molecular flexibility index (Phi) is 5.31. The second kappa shape index (κ2) is 7.79. The molecule has 1 aliphatic rings. The Balaban J connectivity index is 1.53. The number of nitrogens with zero attached hydrogens (tertiary/aromatic N) is 2. The van der Waals surface area contributed by atoms with E-state index in [1.165, 1.54) is 12.1 Å². The second-order valence-corrected chi connectivity index (χ2v) is 9.32. The lowest BCUT2D eigenvalue weighted by Gasteiger charge is -2.18. The van der Waals surface area contributed by atoms with Crippen LogP contribution in [0.3, 0.4) is 0 Å². The van der Waals surface area contributed by atoms with Crippen LogP contribution < -0.4 is 5.14 Å². The molecule has 2 atom stereocenters. The molecule has 1 aromatic heterocycles. The molecule has 0 bridgehead atoms. The van der Waals surface area contributed by atoms with Gasteiger partial charge in [-0.15, -0.1) is 0 Å². The molecule has 1 saturated heterocycles. The maximum atomic E-state index is 13.0. The predicted octanol–water partition coefficient (Wildman–Crippen LogP) is 1.87. The molecule has 2 aromatic carbocycles. The number of aryl methyl sites for hydroxylation is 1. The average molecular weight is 426 g/mol. The molecule has 1 fully saturated rings. The Hall–Kier alpha value is -2.81. The van der Waals surface area contributed by atoms with Crippen molar-refractivity contribution in [3.05, 3.63) is 71.4 Å². The molecule has 1 aliphatic heterocycles. The lowest BCUT2D eigenvalue weighted by Crippen LogP contribution is -2.30. The van der Waals surface area contributed by atoms with Crippen molar-refractivity contribution in [2.75, 3.05) is 13.1 Å². The standard InChI is InChI=1S/C22H23N3O4S/c1-14-6-9-18(30(23,28)29)11-19(14)22(27)25-12-16(21(26)13-25)10-17-8-7-15-4-2-3-5-20(15)24-17/h2-9,11,16,21,26H,10,12-13H2,1H3,(H2,23,28,29)/t16-,21-/m1/s1. The number of aliphatic hydroxyl groups excluding tert-OH is 1. The van der Waals surface area contributed by atoms with Crippen LogP contribution in [0.5, 0.6) is 0 Å². The van der Waals surface area contributed by atoms with E-state index < -0.39 is 16.1 Å². The van der Waals surface area contributed by atoms with Crippen LogP contribution in [-0.2, 0) is 16.4 Å². The number of pyridine rings is 1. The predicted molar refractivity (Wildman–Crippen MR) is 113 cm³/mol. The fourth-order valence-electron chi connectivity index (χ4n) is 3.89. The zero-order valence-corrected chi connectivity index (χ0v) is 17.3. The Morgan fingerprint density at radius 1 is 1.17 bits per heavy atom. The highest BCUT2D eigenvalue weighted by atomic mass is 32.2. The van der Waals surface area contributed by atoms with Gasteiger partial charge in [0.05, 0.1) is 16.5 Å². The van der Waals surface area contributed by atoms with Crippen molar-refractivity contribution >= 4 is 26.8 Å². The summed E-state index contributed by atoms with van der Waals surface area (Å²) in [7, 11) is -3.91. The largest absolute Gasteiger partial charge is 0.391 e. The first-order chi connectivity index (χ1) is 14.2. The Labute approximate surface area is 175 Å². The summed E-state index contributed by atoms with van der Waals surface area (Å²) >= 11 is 0. The van der Waals surface area contributed by atoms with Crippen LogP contribution in [0.25, 0.3) is 10.9 Å². The summed E-state index contributed by atoms with van der Waals surface area (Å²) in [6.07, 6.45) is -0.129. The first kappa shape index (κ1) is 20.5. The number of hydrogen-bond donors (Lipinski definition) is 2. The lowest BCUT2D eigenvalue weighted by atomic mass is 9.99. The van der Waals surface area contributed by atoms with Gasteiger partial charge in [0, 0.05) is 35.7 Å². The fourth-order valence-corrected chi connectivity index (χ4v) is 4.43. The van der Waals surface area contributed by atoms with Gasteiger partial charge in [0.15, 0.2) is 0 Å². The van der Waals surface area contributed by atoms with Crippen molar-refractivity contribution in [2.24, 2.45) is 11.1 Å². The average Bonchev–Trinajstić information content (AvgIpc) is 3.07. The first-order valence-electron chi connectivity index (χ1n) is 9.68. The number of likely N-dealkylation sites (tertiary alicyclic amines) is 1. The van der Waals surface area contributed by atoms with E-state index in [1.54, 1.807) is 17.9 Å². The van der Waals surface area contributed by atoms with Gasteiger partial charge in [0.1, 0.15) is 0 Å². The molecule has 3 aromatic rings. The van der Waals surface area contributed by atoms with Crippen molar-refractivity contribution < 1.29 is 18.3 Å². The van der Waals surface area contributed by atoms with Gasteiger partial charge in [-0.25, -0.2) is 13.6 Å². The summed E-state index contributed by atoms with van der Waals surface area (Å²) in [6, 6.07) is 16.0. The molecule has 4 rings (SSSR count). The van der Waals surface area contributed by atoms with Gasteiger partial charge >= 0.3 is 0 Å². The van der Waals surface area contributed by atoms with Crippen LogP contribution in [0, 0.1) is 12.8 Å². The van der Waals surface area contributed by atoms with E-state index >= 15 is 0 Å². The number of carbonyl (C=O) groups excluding carboxylic acids is 1. The van der Waals surface area contributed by atoms with E-state index in [-0.39, 0.29) is 28.8 Å². The Morgan fingerprint density at radius 3 is 2.70 bits per heavy atom. The van der Waals surface area contributed by atoms with Crippen LogP contribution in [0.4, 0.5) is 0 Å². The van der Waals surface area contributed by atoms with Crippen LogP contribution in [0.15, 0.2) is 59.5 Å². The number of amides is 1. The maximum Gasteiger partial charge on any atom is 0.254 e. The van der Waals surface area contributed by atoms with Crippen molar-refractivity contribution in [1.82, 2.24) is 9.88 Å². The number of β-amino-alcohol motifs (C(OH)–C–C–N with tert-alkyl or cyclic N) is 1. The number of carbonyl (C=O) groups is 1. The third-order valence-corrected chi connectivity index (χ3v) is 6.50. The monoisotopic (exact) mass is 425 g/mol. The van der Waals surface area contributed by atoms with Crippen molar-refractivity contribution in [3.8, 4) is 0 Å². The van der Waals surface area contributed by atoms with E-state index in [4.69, 9.17) is 5.14 Å². The summed E-state index contributed by atoms with van der Waals surface area (Å²) < 4.78 is 23.3. The summed E-state index contributed by atoms with van der Waals surface area (Å²) in [5.41, 5.74) is 2.69. The quantitative estimate of drug-likeness (QED) is 0.662. The number of nitrogens with two attached hydrogens (primary N) is 1. The molecule has 1 amide bonds. The van der Waals surface area contributed by atoms with Crippen LogP contribution in [0.1, 0.15) is 21.6 Å². The number of hydrogen-bond acceptors (Lipinski definition) is 5. The van der Waals surface area contributed by atoms with E-state index in [9.17, 15) is 18.3 Å². The van der Waals surface area contributed by atoms with Gasteiger partial charge in [-0.1, -0.05) is 30.3 Å². The first-order valence-corrected chi connectivity index (χ1v) is 11.2. The summed E-state index contributed by atoms with van der Waals surface area (Å²) in [6.45, 7) is 2.30. The topological polar surface area (TPSA) is 114 Å². The van der Waals surface area contributed by atoms with Gasteiger partial charge in [-0.3, -0.25) is 9.78 Å². The van der Waals surface area contributed by atoms with Gasteiger partial charge < -0.3 is 10.0 Å². The maximum absolute atomic E-state index is 13.0. The van der Waals surface area contributed by atoms with Gasteiger partial charge in [0.2, 0.25) is 10.0 Å². The molecule has 0 radical (unpaired) electrons. The van der Waals surface area contributed by atoms with E-state index in [0.717, 1.165) is 16.6 Å². The third kappa shape index (κ3) is 4.07. The summed E-state index contributed by atoms with van der Waals surface area (Å²) in [5, 5.41) is 16.8. The number of benzene rings is 2. The highest BCUT2D eigenvalue weighted by Gasteiger charge is 2.35. The molecular weight excluding hydrogens is 402 g/mol. The number of primary sulfonamides is 1. The number of para-hydroxylation sites is 1. The molecule has 7 nitrogen and oxygen atoms in total. The molecular formula is C22H23N3O4S. The number of rotatable bonds is 4. The van der Waals surface area contributed by atoms with Crippen LogP contribution >= 0.6 is 0 Å². The molecule has 3 N–H and O–H groups in total. The lowest BCUT2D eigenvalue weighted by molar-refractivity contribution is 0.0763. The molecule has 0 unspecified atom stereocenters. The highest BCUT2D eigenvalue weighted by molar-refractivity contribution is 7.89. The molecule has 0 spiro atoms. The van der Waals surface area contributed by atoms with E-state index in [1.807, 2.05) is 36.4 Å².